The first-order valence-electron chi connectivity index (χ1n) is 11.0. The van der Waals surface area contributed by atoms with Gasteiger partial charge in [0.2, 0.25) is 17.7 Å². The average Bonchev–Trinajstić information content (AvgIpc) is 3.52. The number of piperidine rings is 2. The Kier molecular flexibility index (Phi) is 5.09. The standard InChI is InChI=1S/C25H25ClN2O3/c26-23-18(3-1-4-19(23)20-10-11-21(29)27-24(20)31)17-8-6-16(7-9-17)15-28-22(30)5-2-12-25(28)13-14-25/h1,3-4,6-9,20H,2,5,10-15H2,(H,27,29,31). The minimum Gasteiger partial charge on any atom is -0.333 e. The Morgan fingerprint density at radius 2 is 1.77 bits per heavy atom. The summed E-state index contributed by atoms with van der Waals surface area (Å²) in [6.45, 7) is 0.656. The summed E-state index contributed by atoms with van der Waals surface area (Å²) in [6, 6.07) is 13.9. The minimum atomic E-state index is -0.413. The highest BCUT2D eigenvalue weighted by molar-refractivity contribution is 6.34. The quantitative estimate of drug-likeness (QED) is 0.714. The number of nitrogens with one attached hydrogen (secondary N) is 1. The molecule has 0 radical (unpaired) electrons. The zero-order valence-electron chi connectivity index (χ0n) is 17.3. The van der Waals surface area contributed by atoms with Crippen molar-refractivity contribution in [2.45, 2.75) is 62.9 Å². The molecule has 3 fully saturated rings. The van der Waals surface area contributed by atoms with Crippen LogP contribution >= 0.6 is 11.6 Å². The van der Waals surface area contributed by atoms with Gasteiger partial charge in [0.1, 0.15) is 0 Å². The fourth-order valence-electron chi connectivity index (χ4n) is 5.03. The minimum absolute atomic E-state index is 0.119. The Morgan fingerprint density at radius 3 is 2.48 bits per heavy atom. The highest BCUT2D eigenvalue weighted by atomic mass is 35.5. The highest BCUT2D eigenvalue weighted by Crippen LogP contribution is 2.49. The van der Waals surface area contributed by atoms with Crippen LogP contribution in [-0.2, 0) is 20.9 Å². The van der Waals surface area contributed by atoms with Gasteiger partial charge in [0, 0.05) is 30.5 Å². The average molecular weight is 437 g/mol. The molecule has 6 heteroatoms. The molecule has 0 bridgehead atoms. The zero-order chi connectivity index (χ0) is 21.6. The molecule has 1 N–H and O–H groups in total. The Labute approximate surface area is 186 Å². The van der Waals surface area contributed by atoms with Crippen molar-refractivity contribution in [1.29, 1.82) is 0 Å². The molecule has 31 heavy (non-hydrogen) atoms. The first-order valence-corrected chi connectivity index (χ1v) is 11.4. The predicted octanol–water partition coefficient (Wildman–Crippen LogP) is 4.57. The molecule has 0 aromatic heterocycles. The molecule has 5 rings (SSSR count). The van der Waals surface area contributed by atoms with Gasteiger partial charge in [-0.25, -0.2) is 0 Å². The van der Waals surface area contributed by atoms with E-state index in [2.05, 4.69) is 22.3 Å². The van der Waals surface area contributed by atoms with Gasteiger partial charge in [-0.05, 0) is 48.8 Å². The second-order valence-corrected chi connectivity index (χ2v) is 9.35. The molecule has 2 aliphatic heterocycles. The normalized spacial score (nSPS) is 22.5. The number of rotatable bonds is 4. The molecule has 1 aliphatic carbocycles. The molecule has 1 unspecified atom stereocenters. The van der Waals surface area contributed by atoms with Crippen LogP contribution in [0.3, 0.4) is 0 Å². The maximum absolute atomic E-state index is 12.5. The number of carbonyl (C=O) groups excluding carboxylic acids is 3. The SMILES string of the molecule is O=C1CCC(c2cccc(-c3ccc(CN4C(=O)CCCC45CC5)cc3)c2Cl)C(=O)N1. The monoisotopic (exact) mass is 436 g/mol. The van der Waals surface area contributed by atoms with Gasteiger partial charge in [0.15, 0.2) is 0 Å². The number of nitrogens with zero attached hydrogens (tertiary/aromatic N) is 1. The van der Waals surface area contributed by atoms with Gasteiger partial charge < -0.3 is 4.90 Å². The number of amides is 3. The van der Waals surface area contributed by atoms with Crippen LogP contribution in [0.5, 0.6) is 0 Å². The van der Waals surface area contributed by atoms with E-state index in [9.17, 15) is 14.4 Å². The molecule has 160 valence electrons. The maximum Gasteiger partial charge on any atom is 0.234 e. The Balaban J connectivity index is 1.37. The largest absolute Gasteiger partial charge is 0.333 e. The summed E-state index contributed by atoms with van der Waals surface area (Å²) < 4.78 is 0. The van der Waals surface area contributed by atoms with Gasteiger partial charge in [-0.3, -0.25) is 19.7 Å². The summed E-state index contributed by atoms with van der Waals surface area (Å²) in [4.78, 5) is 38.3. The van der Waals surface area contributed by atoms with E-state index in [-0.39, 0.29) is 23.3 Å². The fraction of sp³-hybridized carbons (Fsp3) is 0.400. The molecule has 3 amide bonds. The van der Waals surface area contributed by atoms with Crippen LogP contribution in [0.25, 0.3) is 11.1 Å². The van der Waals surface area contributed by atoms with Crippen LogP contribution in [-0.4, -0.2) is 28.2 Å². The lowest BCUT2D eigenvalue weighted by molar-refractivity contribution is -0.138. The molecule has 1 spiro atoms. The zero-order valence-corrected chi connectivity index (χ0v) is 18.1. The number of benzene rings is 2. The lowest BCUT2D eigenvalue weighted by Gasteiger charge is -2.36. The van der Waals surface area contributed by atoms with Crippen LogP contribution in [0, 0.1) is 0 Å². The van der Waals surface area contributed by atoms with E-state index >= 15 is 0 Å². The molecule has 3 aliphatic rings. The number of hydrogen-bond donors (Lipinski definition) is 1. The molecule has 2 aromatic carbocycles. The van der Waals surface area contributed by atoms with Gasteiger partial charge in [-0.1, -0.05) is 54.1 Å². The molecule has 1 atom stereocenters. The van der Waals surface area contributed by atoms with Crippen molar-refractivity contribution in [2.75, 3.05) is 0 Å². The summed E-state index contributed by atoms with van der Waals surface area (Å²) in [5, 5.41) is 2.96. The topological polar surface area (TPSA) is 66.5 Å². The molecular formula is C25H25ClN2O3. The molecule has 2 aromatic rings. The molecule has 5 nitrogen and oxygen atoms in total. The van der Waals surface area contributed by atoms with Gasteiger partial charge in [0.05, 0.1) is 10.9 Å². The summed E-state index contributed by atoms with van der Waals surface area (Å²) in [6.07, 6.45) is 5.83. The fourth-order valence-corrected chi connectivity index (χ4v) is 5.39. The van der Waals surface area contributed by atoms with Gasteiger partial charge in [-0.2, -0.15) is 0 Å². The molecule has 2 heterocycles. The molecular weight excluding hydrogens is 412 g/mol. The van der Waals surface area contributed by atoms with Gasteiger partial charge in [-0.15, -0.1) is 0 Å². The predicted molar refractivity (Wildman–Crippen MR) is 118 cm³/mol. The van der Waals surface area contributed by atoms with E-state index in [1.807, 2.05) is 30.3 Å². The van der Waals surface area contributed by atoms with E-state index < -0.39 is 5.92 Å². The third-order valence-electron chi connectivity index (χ3n) is 6.98. The van der Waals surface area contributed by atoms with E-state index in [4.69, 9.17) is 11.6 Å². The van der Waals surface area contributed by atoms with Crippen LogP contribution in [0.15, 0.2) is 42.5 Å². The van der Waals surface area contributed by atoms with Crippen LogP contribution in [0.2, 0.25) is 5.02 Å². The lowest BCUT2D eigenvalue weighted by Crippen LogP contribution is -2.44. The third-order valence-corrected chi connectivity index (χ3v) is 7.40. The van der Waals surface area contributed by atoms with Crippen LogP contribution in [0.1, 0.15) is 62.0 Å². The summed E-state index contributed by atoms with van der Waals surface area (Å²) in [7, 11) is 0. The first-order chi connectivity index (χ1) is 15.0. The lowest BCUT2D eigenvalue weighted by atomic mass is 9.88. The van der Waals surface area contributed by atoms with Crippen molar-refractivity contribution in [3.63, 3.8) is 0 Å². The van der Waals surface area contributed by atoms with Crippen molar-refractivity contribution in [3.05, 3.63) is 58.6 Å². The van der Waals surface area contributed by atoms with Gasteiger partial charge in [0.25, 0.3) is 0 Å². The summed E-state index contributed by atoms with van der Waals surface area (Å²) in [5.74, 6) is -0.660. The number of hydrogen-bond acceptors (Lipinski definition) is 3. The Bertz CT molecular complexity index is 1060. The summed E-state index contributed by atoms with van der Waals surface area (Å²) >= 11 is 6.72. The number of imide groups is 1. The second-order valence-electron chi connectivity index (χ2n) is 8.97. The van der Waals surface area contributed by atoms with Crippen molar-refractivity contribution in [2.24, 2.45) is 0 Å². The smallest absolute Gasteiger partial charge is 0.234 e. The Morgan fingerprint density at radius 1 is 1.00 bits per heavy atom. The number of likely N-dealkylation sites (tertiary alicyclic amines) is 1. The maximum atomic E-state index is 12.5. The van der Waals surface area contributed by atoms with Crippen LogP contribution in [0.4, 0.5) is 0 Å². The van der Waals surface area contributed by atoms with Crippen molar-refractivity contribution < 1.29 is 14.4 Å². The molecule has 2 saturated heterocycles. The first kappa shape index (κ1) is 20.3. The second kappa shape index (κ2) is 7.79. The van der Waals surface area contributed by atoms with Crippen molar-refractivity contribution in [1.82, 2.24) is 10.2 Å². The highest BCUT2D eigenvalue weighted by Gasteiger charge is 2.51. The van der Waals surface area contributed by atoms with E-state index in [0.717, 1.165) is 47.9 Å². The van der Waals surface area contributed by atoms with E-state index in [1.54, 1.807) is 0 Å². The van der Waals surface area contributed by atoms with E-state index in [1.165, 1.54) is 0 Å². The van der Waals surface area contributed by atoms with Crippen molar-refractivity contribution >= 4 is 29.3 Å². The van der Waals surface area contributed by atoms with Gasteiger partial charge >= 0.3 is 0 Å². The Hall–Kier alpha value is -2.66. The van der Waals surface area contributed by atoms with E-state index in [0.29, 0.717) is 30.8 Å². The summed E-state index contributed by atoms with van der Waals surface area (Å²) in [5.41, 5.74) is 3.82. The number of halogens is 1. The van der Waals surface area contributed by atoms with Crippen molar-refractivity contribution in [3.8, 4) is 11.1 Å². The number of carbonyl (C=O) groups is 3. The third kappa shape index (κ3) is 3.76. The molecule has 1 saturated carbocycles. The van der Waals surface area contributed by atoms with Crippen LogP contribution < -0.4 is 5.32 Å².